The lowest BCUT2D eigenvalue weighted by Crippen LogP contribution is -2.45. The molecular weight excluding hydrogens is 242 g/mol. The van der Waals surface area contributed by atoms with Crippen LogP contribution in [0.5, 0.6) is 0 Å². The minimum absolute atomic E-state index is 0.0597. The molecule has 0 heterocycles. The van der Waals surface area contributed by atoms with Crippen molar-refractivity contribution in [3.8, 4) is 0 Å². The molecule has 0 aromatic rings. The molecule has 4 nitrogen and oxygen atoms in total. The van der Waals surface area contributed by atoms with Crippen LogP contribution in [0.1, 0.15) is 60.3 Å². The zero-order valence-electron chi connectivity index (χ0n) is 13.1. The highest BCUT2D eigenvalue weighted by molar-refractivity contribution is 5.83. The summed E-state index contributed by atoms with van der Waals surface area (Å²) in [7, 11) is 0. The molecule has 0 aliphatic carbocycles. The first kappa shape index (κ1) is 17.9. The van der Waals surface area contributed by atoms with Crippen molar-refractivity contribution in [1.82, 2.24) is 4.90 Å². The average molecular weight is 271 g/mol. The fourth-order valence-corrected chi connectivity index (χ4v) is 2.14. The van der Waals surface area contributed by atoms with Gasteiger partial charge in [-0.25, -0.2) is 4.79 Å². The number of hydrogen-bond acceptors (Lipinski definition) is 3. The van der Waals surface area contributed by atoms with Crippen molar-refractivity contribution in [2.24, 2.45) is 5.92 Å². The smallest absolute Gasteiger partial charge is 0.328 e. The Kier molecular flexibility index (Phi) is 9.27. The summed E-state index contributed by atoms with van der Waals surface area (Å²) in [5.74, 6) is 0.0827. The van der Waals surface area contributed by atoms with Gasteiger partial charge >= 0.3 is 5.97 Å². The van der Waals surface area contributed by atoms with E-state index in [1.54, 1.807) is 18.7 Å². The summed E-state index contributed by atoms with van der Waals surface area (Å²) in [5, 5.41) is 0. The number of carbonyl (C=O) groups excluding carboxylic acids is 2. The van der Waals surface area contributed by atoms with Crippen molar-refractivity contribution in [2.75, 3.05) is 13.2 Å². The summed E-state index contributed by atoms with van der Waals surface area (Å²) < 4.78 is 5.00. The summed E-state index contributed by atoms with van der Waals surface area (Å²) in [6.45, 7) is 10.3. The largest absolute Gasteiger partial charge is 0.464 e. The Bertz CT molecular complexity index is 279. The molecule has 112 valence electrons. The highest BCUT2D eigenvalue weighted by atomic mass is 16.5. The topological polar surface area (TPSA) is 46.6 Å². The van der Waals surface area contributed by atoms with Crippen molar-refractivity contribution in [1.29, 1.82) is 0 Å². The van der Waals surface area contributed by atoms with Crippen LogP contribution in [0.25, 0.3) is 0 Å². The maximum absolute atomic E-state index is 11.8. The van der Waals surface area contributed by atoms with E-state index < -0.39 is 6.04 Å². The lowest BCUT2D eigenvalue weighted by atomic mass is 9.98. The van der Waals surface area contributed by atoms with Gasteiger partial charge in [0.2, 0.25) is 5.91 Å². The molecule has 1 unspecified atom stereocenters. The molecule has 1 amide bonds. The Morgan fingerprint density at radius 1 is 1.21 bits per heavy atom. The SMILES string of the molecule is CCCCC(CC)CN(C(C)=O)[C@@H](C)C(=O)OCC. The van der Waals surface area contributed by atoms with E-state index in [2.05, 4.69) is 13.8 Å². The molecule has 0 N–H and O–H groups in total. The van der Waals surface area contributed by atoms with Gasteiger partial charge in [-0.3, -0.25) is 4.79 Å². The molecule has 0 rings (SSSR count). The Labute approximate surface area is 117 Å². The van der Waals surface area contributed by atoms with Crippen LogP contribution in [-0.2, 0) is 14.3 Å². The molecule has 19 heavy (non-hydrogen) atoms. The Morgan fingerprint density at radius 2 is 1.84 bits per heavy atom. The molecule has 0 aliphatic heterocycles. The maximum atomic E-state index is 11.8. The first-order chi connectivity index (χ1) is 8.97. The summed E-state index contributed by atoms with van der Waals surface area (Å²) >= 11 is 0. The van der Waals surface area contributed by atoms with E-state index in [1.165, 1.54) is 6.92 Å². The van der Waals surface area contributed by atoms with Crippen molar-refractivity contribution in [2.45, 2.75) is 66.3 Å². The number of hydrogen-bond donors (Lipinski definition) is 0. The summed E-state index contributed by atoms with van der Waals surface area (Å²) in [6.07, 6.45) is 4.45. The summed E-state index contributed by atoms with van der Waals surface area (Å²) in [5.41, 5.74) is 0. The van der Waals surface area contributed by atoms with E-state index in [0.29, 0.717) is 19.1 Å². The number of nitrogens with zero attached hydrogens (tertiary/aromatic N) is 1. The minimum atomic E-state index is -0.492. The van der Waals surface area contributed by atoms with Gasteiger partial charge in [0, 0.05) is 13.5 Å². The van der Waals surface area contributed by atoms with Crippen molar-refractivity contribution in [3.63, 3.8) is 0 Å². The molecule has 0 saturated heterocycles. The summed E-state index contributed by atoms with van der Waals surface area (Å²) in [6, 6.07) is -0.492. The molecule has 0 radical (unpaired) electrons. The molecule has 0 saturated carbocycles. The van der Waals surface area contributed by atoms with Crippen molar-refractivity contribution >= 4 is 11.9 Å². The lowest BCUT2D eigenvalue weighted by Gasteiger charge is -2.30. The highest BCUT2D eigenvalue weighted by Crippen LogP contribution is 2.16. The molecular formula is C15H29NO3. The quantitative estimate of drug-likeness (QED) is 0.606. The Balaban J connectivity index is 4.62. The van der Waals surface area contributed by atoms with Gasteiger partial charge in [0.15, 0.2) is 0 Å². The van der Waals surface area contributed by atoms with Crippen LogP contribution in [0.2, 0.25) is 0 Å². The van der Waals surface area contributed by atoms with E-state index >= 15 is 0 Å². The van der Waals surface area contributed by atoms with E-state index in [1.807, 2.05) is 0 Å². The second kappa shape index (κ2) is 9.82. The van der Waals surface area contributed by atoms with Gasteiger partial charge in [0.25, 0.3) is 0 Å². The van der Waals surface area contributed by atoms with Gasteiger partial charge in [0.1, 0.15) is 6.04 Å². The average Bonchev–Trinajstić information content (AvgIpc) is 2.38. The molecule has 0 aromatic carbocycles. The first-order valence-electron chi connectivity index (χ1n) is 7.41. The molecule has 0 aliphatic rings. The Morgan fingerprint density at radius 3 is 2.26 bits per heavy atom. The van der Waals surface area contributed by atoms with E-state index in [4.69, 9.17) is 4.74 Å². The number of carbonyl (C=O) groups is 2. The van der Waals surface area contributed by atoms with Gasteiger partial charge in [-0.2, -0.15) is 0 Å². The molecule has 4 heteroatoms. The summed E-state index contributed by atoms with van der Waals surface area (Å²) in [4.78, 5) is 25.1. The second-order valence-corrected chi connectivity index (χ2v) is 5.02. The predicted octanol–water partition coefficient (Wildman–Crippen LogP) is 3.00. The van der Waals surface area contributed by atoms with Crippen LogP contribution < -0.4 is 0 Å². The number of esters is 1. The highest BCUT2D eigenvalue weighted by Gasteiger charge is 2.26. The molecule has 0 aromatic heterocycles. The standard InChI is InChI=1S/C15H29NO3/c1-6-9-10-14(7-2)11-16(13(5)17)12(4)15(18)19-8-3/h12,14H,6-11H2,1-5H3/t12-,14?/m0/s1. The molecule has 0 bridgehead atoms. The number of unbranched alkanes of at least 4 members (excludes halogenated alkanes) is 1. The first-order valence-corrected chi connectivity index (χ1v) is 7.41. The lowest BCUT2D eigenvalue weighted by molar-refractivity contribution is -0.154. The predicted molar refractivity (Wildman–Crippen MR) is 76.8 cm³/mol. The van der Waals surface area contributed by atoms with Crippen LogP contribution in [0.15, 0.2) is 0 Å². The van der Waals surface area contributed by atoms with E-state index in [-0.39, 0.29) is 11.9 Å². The van der Waals surface area contributed by atoms with E-state index in [9.17, 15) is 9.59 Å². The Hall–Kier alpha value is -1.06. The van der Waals surface area contributed by atoms with Crippen LogP contribution in [0.4, 0.5) is 0 Å². The minimum Gasteiger partial charge on any atom is -0.464 e. The molecule has 2 atom stereocenters. The normalized spacial score (nSPS) is 13.7. The fourth-order valence-electron chi connectivity index (χ4n) is 2.14. The number of ether oxygens (including phenoxy) is 1. The third kappa shape index (κ3) is 6.60. The van der Waals surface area contributed by atoms with Gasteiger partial charge in [-0.15, -0.1) is 0 Å². The fraction of sp³-hybridized carbons (Fsp3) is 0.867. The van der Waals surface area contributed by atoms with Gasteiger partial charge in [-0.05, 0) is 26.2 Å². The zero-order chi connectivity index (χ0) is 14.8. The number of amides is 1. The van der Waals surface area contributed by atoms with E-state index in [0.717, 1.165) is 25.7 Å². The van der Waals surface area contributed by atoms with Crippen LogP contribution in [0, 0.1) is 5.92 Å². The third-order valence-corrected chi connectivity index (χ3v) is 3.50. The van der Waals surface area contributed by atoms with Gasteiger partial charge in [-0.1, -0.05) is 33.1 Å². The van der Waals surface area contributed by atoms with Gasteiger partial charge < -0.3 is 9.64 Å². The van der Waals surface area contributed by atoms with Crippen LogP contribution >= 0.6 is 0 Å². The zero-order valence-corrected chi connectivity index (χ0v) is 13.1. The molecule has 0 spiro atoms. The number of rotatable bonds is 9. The monoisotopic (exact) mass is 271 g/mol. The molecule has 0 fully saturated rings. The van der Waals surface area contributed by atoms with Gasteiger partial charge in [0.05, 0.1) is 6.61 Å². The third-order valence-electron chi connectivity index (χ3n) is 3.50. The maximum Gasteiger partial charge on any atom is 0.328 e. The van der Waals surface area contributed by atoms with Crippen LogP contribution in [-0.4, -0.2) is 36.0 Å². The van der Waals surface area contributed by atoms with Crippen LogP contribution in [0.3, 0.4) is 0 Å². The second-order valence-electron chi connectivity index (χ2n) is 5.02. The van der Waals surface area contributed by atoms with Crippen molar-refractivity contribution < 1.29 is 14.3 Å². The van der Waals surface area contributed by atoms with Crippen molar-refractivity contribution in [3.05, 3.63) is 0 Å².